The van der Waals surface area contributed by atoms with Crippen molar-refractivity contribution in [2.24, 2.45) is 0 Å². The highest BCUT2D eigenvalue weighted by Crippen LogP contribution is 2.18. The SMILES string of the molecule is COc1ccc(CC(=O)Nc2cccc(S(=O)(=O)N(C)C)c2)cc1. The molecule has 6 nitrogen and oxygen atoms in total. The molecule has 0 aliphatic heterocycles. The van der Waals surface area contributed by atoms with Crippen LogP contribution in [0.1, 0.15) is 5.56 Å². The fourth-order valence-electron chi connectivity index (χ4n) is 2.08. The standard InChI is InChI=1S/C17H20N2O4S/c1-19(2)24(21,22)16-6-4-5-14(12-16)18-17(20)11-13-7-9-15(23-3)10-8-13/h4-10,12H,11H2,1-3H3,(H,18,20). The minimum atomic E-state index is -3.53. The normalized spacial score (nSPS) is 11.3. The van der Waals surface area contributed by atoms with Crippen molar-refractivity contribution in [1.82, 2.24) is 4.31 Å². The molecule has 0 radical (unpaired) electrons. The van der Waals surface area contributed by atoms with Crippen LogP contribution in [0.4, 0.5) is 5.69 Å². The fraction of sp³-hybridized carbons (Fsp3) is 0.235. The number of benzene rings is 2. The van der Waals surface area contributed by atoms with E-state index in [1.165, 1.54) is 26.2 Å². The van der Waals surface area contributed by atoms with Gasteiger partial charge in [-0.1, -0.05) is 18.2 Å². The maximum absolute atomic E-state index is 12.1. The predicted octanol–water partition coefficient (Wildman–Crippen LogP) is 2.13. The number of sulfonamides is 1. The van der Waals surface area contributed by atoms with Gasteiger partial charge in [-0.3, -0.25) is 4.79 Å². The van der Waals surface area contributed by atoms with Gasteiger partial charge < -0.3 is 10.1 Å². The Morgan fingerprint density at radius 3 is 2.38 bits per heavy atom. The number of anilines is 1. The molecule has 0 aliphatic carbocycles. The lowest BCUT2D eigenvalue weighted by atomic mass is 10.1. The van der Waals surface area contributed by atoms with Crippen molar-refractivity contribution in [2.45, 2.75) is 11.3 Å². The maximum atomic E-state index is 12.1. The van der Waals surface area contributed by atoms with Crippen LogP contribution < -0.4 is 10.1 Å². The van der Waals surface area contributed by atoms with Gasteiger partial charge in [0.1, 0.15) is 5.75 Å². The Labute approximate surface area is 142 Å². The van der Waals surface area contributed by atoms with Crippen LogP contribution in [0, 0.1) is 0 Å². The lowest BCUT2D eigenvalue weighted by Crippen LogP contribution is -2.22. The molecular formula is C17H20N2O4S. The van der Waals surface area contributed by atoms with E-state index < -0.39 is 10.0 Å². The Balaban J connectivity index is 2.09. The van der Waals surface area contributed by atoms with Gasteiger partial charge in [-0.15, -0.1) is 0 Å². The second-order valence-corrected chi connectivity index (χ2v) is 7.54. The molecule has 0 spiro atoms. The third-order valence-corrected chi connectivity index (χ3v) is 5.23. The molecule has 2 aromatic carbocycles. The van der Waals surface area contributed by atoms with Gasteiger partial charge in [0.25, 0.3) is 0 Å². The van der Waals surface area contributed by atoms with E-state index in [9.17, 15) is 13.2 Å². The minimum absolute atomic E-state index is 0.134. The van der Waals surface area contributed by atoms with Crippen LogP contribution in [0.2, 0.25) is 0 Å². The van der Waals surface area contributed by atoms with E-state index in [-0.39, 0.29) is 17.2 Å². The molecule has 0 bridgehead atoms. The van der Waals surface area contributed by atoms with E-state index in [1.807, 2.05) is 12.1 Å². The van der Waals surface area contributed by atoms with E-state index in [4.69, 9.17) is 4.74 Å². The zero-order chi connectivity index (χ0) is 17.7. The van der Waals surface area contributed by atoms with Crippen molar-refractivity contribution in [2.75, 3.05) is 26.5 Å². The Kier molecular flexibility index (Phi) is 5.58. The molecule has 0 fully saturated rings. The van der Waals surface area contributed by atoms with E-state index >= 15 is 0 Å². The summed E-state index contributed by atoms with van der Waals surface area (Å²) in [5, 5.41) is 2.72. The Hall–Kier alpha value is -2.38. The first kappa shape index (κ1) is 18.0. The number of carbonyl (C=O) groups excluding carboxylic acids is 1. The summed E-state index contributed by atoms with van der Waals surface area (Å²) in [5.41, 5.74) is 1.28. The monoisotopic (exact) mass is 348 g/mol. The van der Waals surface area contributed by atoms with E-state index in [0.717, 1.165) is 15.6 Å². The third kappa shape index (κ3) is 4.33. The summed E-state index contributed by atoms with van der Waals surface area (Å²) < 4.78 is 30.4. The van der Waals surface area contributed by atoms with Crippen molar-refractivity contribution >= 4 is 21.6 Å². The summed E-state index contributed by atoms with van der Waals surface area (Å²) in [6.45, 7) is 0. The molecule has 0 aromatic heterocycles. The van der Waals surface area contributed by atoms with Gasteiger partial charge in [0.05, 0.1) is 18.4 Å². The van der Waals surface area contributed by atoms with Crippen LogP contribution in [-0.2, 0) is 21.2 Å². The highest BCUT2D eigenvalue weighted by Gasteiger charge is 2.17. The second kappa shape index (κ2) is 7.46. The van der Waals surface area contributed by atoms with Gasteiger partial charge in [-0.05, 0) is 35.9 Å². The highest BCUT2D eigenvalue weighted by molar-refractivity contribution is 7.89. The molecule has 24 heavy (non-hydrogen) atoms. The molecule has 0 atom stereocenters. The lowest BCUT2D eigenvalue weighted by molar-refractivity contribution is -0.115. The molecule has 0 aliphatic rings. The van der Waals surface area contributed by atoms with Crippen LogP contribution in [0.25, 0.3) is 0 Å². The van der Waals surface area contributed by atoms with Crippen molar-refractivity contribution in [3.63, 3.8) is 0 Å². The molecule has 2 aromatic rings. The van der Waals surface area contributed by atoms with Gasteiger partial charge in [-0.25, -0.2) is 12.7 Å². The van der Waals surface area contributed by atoms with E-state index in [0.29, 0.717) is 5.69 Å². The summed E-state index contributed by atoms with van der Waals surface area (Å²) in [6, 6.07) is 13.4. The number of nitrogens with zero attached hydrogens (tertiary/aromatic N) is 1. The van der Waals surface area contributed by atoms with Gasteiger partial charge in [-0.2, -0.15) is 0 Å². The van der Waals surface area contributed by atoms with Crippen LogP contribution in [0.15, 0.2) is 53.4 Å². The van der Waals surface area contributed by atoms with Crippen molar-refractivity contribution in [3.05, 3.63) is 54.1 Å². The number of hydrogen-bond donors (Lipinski definition) is 1. The van der Waals surface area contributed by atoms with E-state index in [2.05, 4.69) is 5.32 Å². The maximum Gasteiger partial charge on any atom is 0.242 e. The van der Waals surface area contributed by atoms with Gasteiger partial charge in [0.2, 0.25) is 15.9 Å². The Morgan fingerprint density at radius 1 is 1.12 bits per heavy atom. The number of hydrogen-bond acceptors (Lipinski definition) is 4. The molecule has 1 amide bonds. The number of ether oxygens (including phenoxy) is 1. The topological polar surface area (TPSA) is 75.7 Å². The number of rotatable bonds is 6. The number of carbonyl (C=O) groups is 1. The molecule has 0 heterocycles. The molecular weight excluding hydrogens is 328 g/mol. The summed E-state index contributed by atoms with van der Waals surface area (Å²) in [7, 11) is 0.971. The quantitative estimate of drug-likeness (QED) is 0.868. The smallest absolute Gasteiger partial charge is 0.242 e. The number of amides is 1. The van der Waals surface area contributed by atoms with Crippen LogP contribution >= 0.6 is 0 Å². The lowest BCUT2D eigenvalue weighted by Gasteiger charge is -2.12. The minimum Gasteiger partial charge on any atom is -0.497 e. The summed E-state index contributed by atoms with van der Waals surface area (Å²) in [6.07, 6.45) is 0.189. The predicted molar refractivity (Wildman–Crippen MR) is 92.6 cm³/mol. The summed E-state index contributed by atoms with van der Waals surface area (Å²) in [4.78, 5) is 12.3. The van der Waals surface area contributed by atoms with Crippen LogP contribution in [0.3, 0.4) is 0 Å². The molecule has 1 N–H and O–H groups in total. The average molecular weight is 348 g/mol. The summed E-state index contributed by atoms with van der Waals surface area (Å²) in [5.74, 6) is 0.500. The first-order valence-corrected chi connectivity index (χ1v) is 8.72. The van der Waals surface area contributed by atoms with Gasteiger partial charge in [0.15, 0.2) is 0 Å². The first-order valence-electron chi connectivity index (χ1n) is 7.28. The van der Waals surface area contributed by atoms with Gasteiger partial charge >= 0.3 is 0 Å². The van der Waals surface area contributed by atoms with E-state index in [1.54, 1.807) is 31.4 Å². The fourth-order valence-corrected chi connectivity index (χ4v) is 3.03. The Bertz CT molecular complexity index is 815. The summed E-state index contributed by atoms with van der Waals surface area (Å²) >= 11 is 0. The molecule has 2 rings (SSSR count). The molecule has 0 saturated carbocycles. The largest absolute Gasteiger partial charge is 0.497 e. The van der Waals surface area contributed by atoms with Crippen molar-refractivity contribution < 1.29 is 17.9 Å². The second-order valence-electron chi connectivity index (χ2n) is 5.39. The third-order valence-electron chi connectivity index (χ3n) is 3.42. The zero-order valence-electron chi connectivity index (χ0n) is 13.8. The molecule has 0 unspecified atom stereocenters. The molecule has 128 valence electrons. The average Bonchev–Trinajstić information content (AvgIpc) is 2.55. The zero-order valence-corrected chi connectivity index (χ0v) is 14.6. The van der Waals surface area contributed by atoms with Gasteiger partial charge in [0, 0.05) is 19.8 Å². The Morgan fingerprint density at radius 2 is 1.79 bits per heavy atom. The molecule has 7 heteroatoms. The van der Waals surface area contributed by atoms with Crippen molar-refractivity contribution in [1.29, 1.82) is 0 Å². The van der Waals surface area contributed by atoms with Crippen LogP contribution in [-0.4, -0.2) is 39.8 Å². The van der Waals surface area contributed by atoms with Crippen molar-refractivity contribution in [3.8, 4) is 5.75 Å². The number of nitrogens with one attached hydrogen (secondary N) is 1. The highest BCUT2D eigenvalue weighted by atomic mass is 32.2. The first-order chi connectivity index (χ1) is 11.3. The van der Waals surface area contributed by atoms with Crippen LogP contribution in [0.5, 0.6) is 5.75 Å². The molecule has 0 saturated heterocycles. The number of methoxy groups -OCH3 is 1.